The standard InChI is InChI=1S/C21H26N4O2/c1-14(2)27-21(26)19(11-16-8-6-5-7-9-16)22-12-17-10-18-15(3)24-25(4)20(18)23-13-17/h5-10,13-14,19,22H,11-12H2,1-4H3/t19-/m0/s1. The van der Waals surface area contributed by atoms with Gasteiger partial charge in [-0.1, -0.05) is 30.3 Å². The Bertz CT molecular complexity index is 919. The number of hydrogen-bond donors (Lipinski definition) is 1. The van der Waals surface area contributed by atoms with Gasteiger partial charge in [-0.15, -0.1) is 0 Å². The van der Waals surface area contributed by atoms with Crippen LogP contribution in [-0.4, -0.2) is 32.9 Å². The van der Waals surface area contributed by atoms with E-state index in [0.717, 1.165) is 27.9 Å². The summed E-state index contributed by atoms with van der Waals surface area (Å²) in [5, 5.41) is 8.77. The summed E-state index contributed by atoms with van der Waals surface area (Å²) in [7, 11) is 1.89. The number of nitrogens with zero attached hydrogens (tertiary/aromatic N) is 3. The first kappa shape index (κ1) is 19.0. The number of ether oxygens (including phenoxy) is 1. The Balaban J connectivity index is 1.75. The highest BCUT2D eigenvalue weighted by Crippen LogP contribution is 2.16. The lowest BCUT2D eigenvalue weighted by atomic mass is 10.1. The number of esters is 1. The average molecular weight is 366 g/mol. The number of pyridine rings is 1. The Hall–Kier alpha value is -2.73. The van der Waals surface area contributed by atoms with E-state index in [9.17, 15) is 4.79 Å². The summed E-state index contributed by atoms with van der Waals surface area (Å²) in [5.74, 6) is -0.236. The van der Waals surface area contributed by atoms with Gasteiger partial charge in [0, 0.05) is 25.2 Å². The number of carbonyl (C=O) groups is 1. The van der Waals surface area contributed by atoms with Crippen molar-refractivity contribution >= 4 is 17.0 Å². The minimum Gasteiger partial charge on any atom is -0.462 e. The summed E-state index contributed by atoms with van der Waals surface area (Å²) < 4.78 is 7.21. The highest BCUT2D eigenvalue weighted by atomic mass is 16.5. The van der Waals surface area contributed by atoms with Gasteiger partial charge >= 0.3 is 5.97 Å². The number of aryl methyl sites for hydroxylation is 2. The molecule has 2 heterocycles. The molecular weight excluding hydrogens is 340 g/mol. The maximum atomic E-state index is 12.5. The second-order valence-corrected chi connectivity index (χ2v) is 7.03. The number of benzene rings is 1. The Morgan fingerprint density at radius 1 is 1.22 bits per heavy atom. The van der Waals surface area contributed by atoms with Crippen molar-refractivity contribution in [2.75, 3.05) is 0 Å². The first-order valence-corrected chi connectivity index (χ1v) is 9.20. The molecule has 142 valence electrons. The van der Waals surface area contributed by atoms with Crippen LogP contribution < -0.4 is 5.32 Å². The smallest absolute Gasteiger partial charge is 0.323 e. The summed E-state index contributed by atoms with van der Waals surface area (Å²) >= 11 is 0. The summed E-state index contributed by atoms with van der Waals surface area (Å²) in [6, 6.07) is 11.6. The van der Waals surface area contributed by atoms with Crippen LogP contribution in [0.15, 0.2) is 42.6 Å². The fourth-order valence-electron chi connectivity index (χ4n) is 3.09. The fraction of sp³-hybridized carbons (Fsp3) is 0.381. The quantitative estimate of drug-likeness (QED) is 0.651. The molecule has 0 radical (unpaired) electrons. The van der Waals surface area contributed by atoms with Gasteiger partial charge in [0.25, 0.3) is 0 Å². The number of fused-ring (bicyclic) bond motifs is 1. The molecule has 0 aliphatic heterocycles. The lowest BCUT2D eigenvalue weighted by Crippen LogP contribution is -2.40. The molecule has 0 saturated heterocycles. The minimum atomic E-state index is -0.416. The van der Waals surface area contributed by atoms with Crippen molar-refractivity contribution in [1.82, 2.24) is 20.1 Å². The van der Waals surface area contributed by atoms with Crippen molar-refractivity contribution in [1.29, 1.82) is 0 Å². The van der Waals surface area contributed by atoms with E-state index in [-0.39, 0.29) is 12.1 Å². The molecule has 27 heavy (non-hydrogen) atoms. The van der Waals surface area contributed by atoms with Crippen LogP contribution in [0.4, 0.5) is 0 Å². The number of rotatable bonds is 7. The van der Waals surface area contributed by atoms with E-state index in [1.807, 2.05) is 64.3 Å². The molecule has 2 aromatic heterocycles. The molecule has 3 rings (SSSR count). The topological polar surface area (TPSA) is 69.0 Å². The van der Waals surface area contributed by atoms with E-state index in [1.54, 1.807) is 4.68 Å². The normalized spacial score (nSPS) is 12.5. The van der Waals surface area contributed by atoms with Crippen LogP contribution in [0.1, 0.15) is 30.7 Å². The second-order valence-electron chi connectivity index (χ2n) is 7.03. The van der Waals surface area contributed by atoms with Crippen LogP contribution >= 0.6 is 0 Å². The van der Waals surface area contributed by atoms with E-state index < -0.39 is 6.04 Å². The molecule has 3 aromatic rings. The molecule has 1 N–H and O–H groups in total. The van der Waals surface area contributed by atoms with Crippen molar-refractivity contribution in [2.45, 2.75) is 45.9 Å². The molecule has 0 fully saturated rings. The zero-order valence-corrected chi connectivity index (χ0v) is 16.3. The maximum Gasteiger partial charge on any atom is 0.323 e. The predicted molar refractivity (Wildman–Crippen MR) is 105 cm³/mol. The highest BCUT2D eigenvalue weighted by molar-refractivity contribution is 5.78. The molecule has 0 unspecified atom stereocenters. The van der Waals surface area contributed by atoms with E-state index in [4.69, 9.17) is 4.74 Å². The molecule has 0 bridgehead atoms. The zero-order valence-electron chi connectivity index (χ0n) is 16.3. The van der Waals surface area contributed by atoms with Gasteiger partial charge in [0.05, 0.1) is 11.8 Å². The van der Waals surface area contributed by atoms with Gasteiger partial charge in [-0.2, -0.15) is 5.10 Å². The molecule has 0 amide bonds. The molecular formula is C21H26N4O2. The van der Waals surface area contributed by atoms with Crippen molar-refractivity contribution in [3.05, 3.63) is 59.4 Å². The van der Waals surface area contributed by atoms with Crippen LogP contribution in [0, 0.1) is 6.92 Å². The first-order valence-electron chi connectivity index (χ1n) is 9.20. The summed E-state index contributed by atoms with van der Waals surface area (Å²) in [6.45, 7) is 6.22. The van der Waals surface area contributed by atoms with Crippen LogP contribution in [0.2, 0.25) is 0 Å². The Morgan fingerprint density at radius 2 is 1.96 bits per heavy atom. The SMILES string of the molecule is Cc1nn(C)c2ncc(CN[C@@H](Cc3ccccc3)C(=O)OC(C)C)cc12. The van der Waals surface area contributed by atoms with Gasteiger partial charge in [-0.25, -0.2) is 4.98 Å². The number of aromatic nitrogens is 3. The van der Waals surface area contributed by atoms with Crippen LogP contribution in [0.5, 0.6) is 0 Å². The molecule has 6 heteroatoms. The molecule has 0 saturated carbocycles. The Labute approximate surface area is 159 Å². The number of carbonyl (C=O) groups excluding carboxylic acids is 1. The zero-order chi connectivity index (χ0) is 19.4. The van der Waals surface area contributed by atoms with E-state index in [1.165, 1.54) is 0 Å². The third-order valence-corrected chi connectivity index (χ3v) is 4.39. The maximum absolute atomic E-state index is 12.5. The van der Waals surface area contributed by atoms with Crippen LogP contribution in [-0.2, 0) is 29.5 Å². The molecule has 0 spiro atoms. The molecule has 1 aromatic carbocycles. The second kappa shape index (κ2) is 8.31. The van der Waals surface area contributed by atoms with Crippen molar-refractivity contribution in [3.63, 3.8) is 0 Å². The van der Waals surface area contributed by atoms with Gasteiger partial charge in [0.15, 0.2) is 5.65 Å². The van der Waals surface area contributed by atoms with Gasteiger partial charge < -0.3 is 4.74 Å². The number of hydrogen-bond acceptors (Lipinski definition) is 5. The van der Waals surface area contributed by atoms with Gasteiger partial charge in [0.1, 0.15) is 6.04 Å². The van der Waals surface area contributed by atoms with Crippen LogP contribution in [0.3, 0.4) is 0 Å². The fourth-order valence-corrected chi connectivity index (χ4v) is 3.09. The molecule has 0 aliphatic rings. The van der Waals surface area contributed by atoms with Crippen molar-refractivity contribution in [2.24, 2.45) is 7.05 Å². The Morgan fingerprint density at radius 3 is 2.67 bits per heavy atom. The van der Waals surface area contributed by atoms with Gasteiger partial charge in [0.2, 0.25) is 0 Å². The largest absolute Gasteiger partial charge is 0.462 e. The highest BCUT2D eigenvalue weighted by Gasteiger charge is 2.21. The average Bonchev–Trinajstić information content (AvgIpc) is 2.92. The summed E-state index contributed by atoms with van der Waals surface area (Å²) in [6.07, 6.45) is 2.26. The molecule has 1 atom stereocenters. The van der Waals surface area contributed by atoms with E-state index in [0.29, 0.717) is 13.0 Å². The van der Waals surface area contributed by atoms with Crippen molar-refractivity contribution in [3.8, 4) is 0 Å². The van der Waals surface area contributed by atoms with E-state index in [2.05, 4.69) is 21.5 Å². The van der Waals surface area contributed by atoms with Crippen LogP contribution in [0.25, 0.3) is 11.0 Å². The first-order chi connectivity index (χ1) is 12.9. The predicted octanol–water partition coefficient (Wildman–Crippen LogP) is 2.93. The molecule has 6 nitrogen and oxygen atoms in total. The lowest BCUT2D eigenvalue weighted by Gasteiger charge is -2.19. The summed E-state index contributed by atoms with van der Waals surface area (Å²) in [4.78, 5) is 17.0. The molecule has 0 aliphatic carbocycles. The van der Waals surface area contributed by atoms with Gasteiger partial charge in [-0.3, -0.25) is 14.8 Å². The monoisotopic (exact) mass is 366 g/mol. The number of nitrogens with one attached hydrogen (secondary N) is 1. The minimum absolute atomic E-state index is 0.145. The third-order valence-electron chi connectivity index (χ3n) is 4.39. The van der Waals surface area contributed by atoms with Gasteiger partial charge in [-0.05, 0) is 44.4 Å². The Kier molecular flexibility index (Phi) is 5.86. The van der Waals surface area contributed by atoms with Crippen molar-refractivity contribution < 1.29 is 9.53 Å². The lowest BCUT2D eigenvalue weighted by molar-refractivity contribution is -0.150. The summed E-state index contributed by atoms with van der Waals surface area (Å²) in [5.41, 5.74) is 3.90. The third kappa shape index (κ3) is 4.71. The van der Waals surface area contributed by atoms with E-state index >= 15 is 0 Å².